The van der Waals surface area contributed by atoms with E-state index in [0.29, 0.717) is 18.9 Å². The molecule has 3 unspecified atom stereocenters. The number of carbonyl (C=O) groups is 2. The summed E-state index contributed by atoms with van der Waals surface area (Å²) in [4.78, 5) is 25.9. The lowest BCUT2D eigenvalue weighted by Gasteiger charge is -2.31. The number of hydrogen-bond donors (Lipinski definition) is 2. The molecule has 1 heterocycles. The minimum Gasteiger partial charge on any atom is -0.357 e. The first-order valence-corrected chi connectivity index (χ1v) is 7.40. The van der Waals surface area contributed by atoms with Crippen LogP contribution < -0.4 is 11.1 Å². The number of nitrogens with zero attached hydrogens (tertiary/aromatic N) is 1. The molecule has 5 nitrogen and oxygen atoms in total. The van der Waals surface area contributed by atoms with E-state index in [0.717, 1.165) is 25.7 Å². The van der Waals surface area contributed by atoms with Crippen molar-refractivity contribution in [3.05, 3.63) is 0 Å². The molecular formula is C14H26ClN3O2. The van der Waals surface area contributed by atoms with Crippen molar-refractivity contribution in [2.24, 2.45) is 11.7 Å². The van der Waals surface area contributed by atoms with Gasteiger partial charge in [0.2, 0.25) is 11.8 Å². The van der Waals surface area contributed by atoms with Gasteiger partial charge < -0.3 is 16.0 Å². The van der Waals surface area contributed by atoms with Crippen LogP contribution in [0.15, 0.2) is 0 Å². The molecule has 2 aliphatic rings. The van der Waals surface area contributed by atoms with Gasteiger partial charge in [-0.25, -0.2) is 0 Å². The van der Waals surface area contributed by atoms with E-state index < -0.39 is 0 Å². The van der Waals surface area contributed by atoms with Gasteiger partial charge in [0, 0.05) is 26.1 Å². The van der Waals surface area contributed by atoms with E-state index in [-0.39, 0.29) is 36.3 Å². The number of hydrogen-bond acceptors (Lipinski definition) is 3. The van der Waals surface area contributed by atoms with Crippen molar-refractivity contribution in [3.8, 4) is 0 Å². The molecule has 3 N–H and O–H groups in total. The van der Waals surface area contributed by atoms with Crippen LogP contribution in [0.25, 0.3) is 0 Å². The highest BCUT2D eigenvalue weighted by Crippen LogP contribution is 2.28. The third-order valence-corrected chi connectivity index (χ3v) is 4.53. The van der Waals surface area contributed by atoms with E-state index in [1.165, 1.54) is 12.8 Å². The van der Waals surface area contributed by atoms with Gasteiger partial charge in [0.15, 0.2) is 0 Å². The van der Waals surface area contributed by atoms with Crippen molar-refractivity contribution in [3.63, 3.8) is 0 Å². The minimum atomic E-state index is -0.266. The number of carbonyl (C=O) groups excluding carboxylic acids is 2. The number of rotatable bonds is 3. The first kappa shape index (κ1) is 17.2. The fourth-order valence-electron chi connectivity index (χ4n) is 3.34. The zero-order chi connectivity index (χ0) is 13.8. The molecule has 1 aliphatic heterocycles. The third kappa shape index (κ3) is 3.85. The monoisotopic (exact) mass is 303 g/mol. The van der Waals surface area contributed by atoms with Crippen LogP contribution in [0.5, 0.6) is 0 Å². The molecule has 3 atom stereocenters. The van der Waals surface area contributed by atoms with Crippen LogP contribution in [0.1, 0.15) is 44.9 Å². The predicted octanol–water partition coefficient (Wildman–Crippen LogP) is 1.05. The molecule has 6 heteroatoms. The average molecular weight is 304 g/mol. The molecule has 2 fully saturated rings. The highest BCUT2D eigenvalue weighted by atomic mass is 35.5. The summed E-state index contributed by atoms with van der Waals surface area (Å²) < 4.78 is 0. The highest BCUT2D eigenvalue weighted by Gasteiger charge is 2.35. The lowest BCUT2D eigenvalue weighted by Crippen LogP contribution is -2.46. The Bertz CT molecular complexity index is 351. The smallest absolute Gasteiger partial charge is 0.242 e. The van der Waals surface area contributed by atoms with Crippen LogP contribution in [0.3, 0.4) is 0 Å². The van der Waals surface area contributed by atoms with Gasteiger partial charge >= 0.3 is 0 Å². The van der Waals surface area contributed by atoms with Crippen molar-refractivity contribution in [2.45, 2.75) is 57.0 Å². The summed E-state index contributed by atoms with van der Waals surface area (Å²) in [6, 6.07) is -0.115. The first-order valence-electron chi connectivity index (χ1n) is 7.40. The van der Waals surface area contributed by atoms with Gasteiger partial charge in [0.05, 0.1) is 0 Å². The summed E-state index contributed by atoms with van der Waals surface area (Å²) in [5, 5.41) is 2.65. The molecule has 20 heavy (non-hydrogen) atoms. The van der Waals surface area contributed by atoms with E-state index in [4.69, 9.17) is 5.73 Å². The van der Waals surface area contributed by atoms with Crippen molar-refractivity contribution >= 4 is 24.2 Å². The topological polar surface area (TPSA) is 75.4 Å². The Morgan fingerprint density at radius 2 is 1.90 bits per heavy atom. The summed E-state index contributed by atoms with van der Waals surface area (Å²) in [6.07, 6.45) is 6.63. The normalized spacial score (nSPS) is 29.7. The Labute approximate surface area is 127 Å². The van der Waals surface area contributed by atoms with Crippen molar-refractivity contribution in [1.29, 1.82) is 0 Å². The number of halogens is 1. The van der Waals surface area contributed by atoms with Gasteiger partial charge in [0.25, 0.3) is 0 Å². The van der Waals surface area contributed by atoms with Crippen molar-refractivity contribution in [1.82, 2.24) is 10.2 Å². The Morgan fingerprint density at radius 1 is 1.20 bits per heavy atom. The van der Waals surface area contributed by atoms with E-state index in [2.05, 4.69) is 5.32 Å². The molecule has 1 aliphatic carbocycles. The van der Waals surface area contributed by atoms with E-state index in [1.54, 1.807) is 11.9 Å². The maximum atomic E-state index is 12.4. The van der Waals surface area contributed by atoms with E-state index in [9.17, 15) is 9.59 Å². The first-order chi connectivity index (χ1) is 9.13. The summed E-state index contributed by atoms with van der Waals surface area (Å²) in [6.45, 7) is 0.707. The molecule has 1 saturated heterocycles. The molecule has 0 radical (unpaired) electrons. The molecule has 0 aromatic heterocycles. The fraction of sp³-hybridized carbons (Fsp3) is 0.857. The van der Waals surface area contributed by atoms with Gasteiger partial charge in [-0.2, -0.15) is 0 Å². The van der Waals surface area contributed by atoms with Crippen molar-refractivity contribution in [2.75, 3.05) is 13.6 Å². The quantitative estimate of drug-likeness (QED) is 0.818. The SMILES string of the molecule is CNC(=O)C1CCCN1C(=O)CC1CCCCC1N.Cl. The zero-order valence-electron chi connectivity index (χ0n) is 12.1. The maximum absolute atomic E-state index is 12.4. The maximum Gasteiger partial charge on any atom is 0.242 e. The lowest BCUT2D eigenvalue weighted by atomic mass is 9.82. The predicted molar refractivity (Wildman–Crippen MR) is 80.6 cm³/mol. The largest absolute Gasteiger partial charge is 0.357 e. The second-order valence-electron chi connectivity index (χ2n) is 5.77. The highest BCUT2D eigenvalue weighted by molar-refractivity contribution is 5.88. The molecule has 116 valence electrons. The van der Waals surface area contributed by atoms with Crippen LogP contribution in [-0.2, 0) is 9.59 Å². The Morgan fingerprint density at radius 3 is 2.55 bits per heavy atom. The van der Waals surface area contributed by atoms with Crippen LogP contribution in [0.4, 0.5) is 0 Å². The lowest BCUT2D eigenvalue weighted by molar-refractivity contribution is -0.139. The second kappa shape index (κ2) is 7.84. The third-order valence-electron chi connectivity index (χ3n) is 4.53. The van der Waals surface area contributed by atoms with Crippen molar-refractivity contribution < 1.29 is 9.59 Å². The summed E-state index contributed by atoms with van der Waals surface area (Å²) >= 11 is 0. The Kier molecular flexibility index (Phi) is 6.76. The number of likely N-dealkylation sites (N-methyl/N-ethyl adjacent to an activating group) is 1. The minimum absolute atomic E-state index is 0. The van der Waals surface area contributed by atoms with Gasteiger partial charge in [-0.05, 0) is 31.6 Å². The second-order valence-corrected chi connectivity index (χ2v) is 5.77. The molecular weight excluding hydrogens is 278 g/mol. The Hall–Kier alpha value is -0.810. The average Bonchev–Trinajstić information content (AvgIpc) is 2.90. The fourth-order valence-corrected chi connectivity index (χ4v) is 3.34. The number of nitrogens with one attached hydrogen (secondary N) is 1. The molecule has 0 bridgehead atoms. The molecule has 2 rings (SSSR count). The zero-order valence-corrected chi connectivity index (χ0v) is 13.0. The van der Waals surface area contributed by atoms with Crippen LogP contribution in [-0.4, -0.2) is 42.4 Å². The van der Waals surface area contributed by atoms with Crippen LogP contribution in [0, 0.1) is 5.92 Å². The standard InChI is InChI=1S/C14H25N3O2.ClH/c1-16-14(19)12-7-4-8-17(12)13(18)9-10-5-2-3-6-11(10)15;/h10-12H,2-9,15H2,1H3,(H,16,19);1H. The molecule has 0 aromatic rings. The van der Waals surface area contributed by atoms with E-state index in [1.807, 2.05) is 0 Å². The molecule has 0 spiro atoms. The van der Waals surface area contributed by atoms with Gasteiger partial charge in [-0.1, -0.05) is 12.8 Å². The van der Waals surface area contributed by atoms with E-state index >= 15 is 0 Å². The number of nitrogens with two attached hydrogens (primary N) is 1. The summed E-state index contributed by atoms with van der Waals surface area (Å²) in [5.41, 5.74) is 6.10. The molecule has 1 saturated carbocycles. The van der Waals surface area contributed by atoms with Crippen LogP contribution in [0.2, 0.25) is 0 Å². The Balaban J connectivity index is 0.00000200. The molecule has 0 aromatic carbocycles. The van der Waals surface area contributed by atoms with Crippen LogP contribution >= 0.6 is 12.4 Å². The van der Waals surface area contributed by atoms with Gasteiger partial charge in [0.1, 0.15) is 6.04 Å². The molecule has 2 amide bonds. The number of amides is 2. The van der Waals surface area contributed by atoms with Gasteiger partial charge in [-0.3, -0.25) is 9.59 Å². The summed E-state index contributed by atoms with van der Waals surface area (Å²) in [7, 11) is 1.63. The van der Waals surface area contributed by atoms with Gasteiger partial charge in [-0.15, -0.1) is 12.4 Å². The summed E-state index contributed by atoms with van der Waals surface area (Å²) in [5.74, 6) is 0.361. The number of likely N-dealkylation sites (tertiary alicyclic amines) is 1.